The Labute approximate surface area is 94.1 Å². The fraction of sp³-hybridized carbons (Fsp3) is 0.231. The third-order valence-corrected chi connectivity index (χ3v) is 2.57. The Balaban J connectivity index is 2.33. The van der Waals surface area contributed by atoms with Crippen molar-refractivity contribution in [3.63, 3.8) is 0 Å². The van der Waals surface area contributed by atoms with Crippen LogP contribution < -0.4 is 0 Å². The highest BCUT2D eigenvalue weighted by molar-refractivity contribution is 6.23. The number of aliphatic imine (C=N–C) groups is 1. The van der Waals surface area contributed by atoms with Gasteiger partial charge in [-0.1, -0.05) is 18.2 Å². The Morgan fingerprint density at radius 3 is 2.50 bits per heavy atom. The lowest BCUT2D eigenvalue weighted by molar-refractivity contribution is -0.114. The van der Waals surface area contributed by atoms with Gasteiger partial charge in [0.05, 0.1) is 17.0 Å². The fourth-order valence-corrected chi connectivity index (χ4v) is 1.81. The third-order valence-electron chi connectivity index (χ3n) is 2.57. The van der Waals surface area contributed by atoms with Crippen LogP contribution in [-0.4, -0.2) is 16.6 Å². The Bertz CT molecular complexity index is 472. The number of aliphatic hydroxyl groups excluding tert-OH is 1. The average Bonchev–Trinajstić information content (AvgIpc) is 2.60. The molecule has 16 heavy (non-hydrogen) atoms. The molecular formula is C13H13NO2. The number of allylic oxidation sites excluding steroid dienone is 2. The average molecular weight is 215 g/mol. The summed E-state index contributed by atoms with van der Waals surface area (Å²) < 4.78 is 0. The molecule has 0 bridgehead atoms. The van der Waals surface area contributed by atoms with Gasteiger partial charge in [-0.2, -0.15) is 0 Å². The van der Waals surface area contributed by atoms with Crippen LogP contribution in [0.4, 0.5) is 5.69 Å². The molecule has 1 aliphatic rings. The van der Waals surface area contributed by atoms with Crippen LogP contribution in [0, 0.1) is 0 Å². The van der Waals surface area contributed by atoms with Crippen molar-refractivity contribution >= 4 is 17.2 Å². The van der Waals surface area contributed by atoms with E-state index in [2.05, 4.69) is 4.99 Å². The van der Waals surface area contributed by atoms with E-state index in [-0.39, 0.29) is 11.5 Å². The Morgan fingerprint density at radius 2 is 1.94 bits per heavy atom. The second-order valence-electron chi connectivity index (χ2n) is 3.78. The number of rotatable bonds is 2. The molecule has 0 amide bonds. The summed E-state index contributed by atoms with van der Waals surface area (Å²) in [5, 5.41) is 9.59. The number of benzene rings is 1. The van der Waals surface area contributed by atoms with Gasteiger partial charge >= 0.3 is 0 Å². The number of aliphatic hydroxyl groups is 1. The Hall–Kier alpha value is -1.90. The summed E-state index contributed by atoms with van der Waals surface area (Å²) in [4.78, 5) is 15.8. The standard InChI is InChI=1S/C13H13NO2/c1-9(13-11(15)7-8-12(13)16)14-10-5-3-2-4-6-10/h2-6,15H,7-8H2,1H3. The van der Waals surface area contributed by atoms with Crippen LogP contribution in [0.2, 0.25) is 0 Å². The van der Waals surface area contributed by atoms with Crippen molar-refractivity contribution in [2.75, 3.05) is 0 Å². The van der Waals surface area contributed by atoms with E-state index in [0.29, 0.717) is 24.1 Å². The van der Waals surface area contributed by atoms with Gasteiger partial charge in [0.1, 0.15) is 5.76 Å². The molecule has 1 aromatic rings. The maximum absolute atomic E-state index is 11.5. The van der Waals surface area contributed by atoms with Crippen LogP contribution in [-0.2, 0) is 4.79 Å². The summed E-state index contributed by atoms with van der Waals surface area (Å²) in [5.74, 6) is 0.150. The monoisotopic (exact) mass is 215 g/mol. The number of hydrogen-bond donors (Lipinski definition) is 1. The fourth-order valence-electron chi connectivity index (χ4n) is 1.81. The minimum atomic E-state index is -0.0188. The highest BCUT2D eigenvalue weighted by Crippen LogP contribution is 2.23. The maximum atomic E-state index is 11.5. The van der Waals surface area contributed by atoms with E-state index in [1.807, 2.05) is 30.3 Å². The number of nitrogens with zero attached hydrogens (tertiary/aromatic N) is 1. The van der Waals surface area contributed by atoms with Crippen LogP contribution in [0.1, 0.15) is 19.8 Å². The van der Waals surface area contributed by atoms with Gasteiger partial charge in [0.2, 0.25) is 0 Å². The van der Waals surface area contributed by atoms with Crippen molar-refractivity contribution in [3.8, 4) is 0 Å². The molecule has 0 atom stereocenters. The van der Waals surface area contributed by atoms with Crippen LogP contribution in [0.5, 0.6) is 0 Å². The molecule has 0 unspecified atom stereocenters. The van der Waals surface area contributed by atoms with Gasteiger partial charge in [-0.15, -0.1) is 0 Å². The molecule has 3 nitrogen and oxygen atoms in total. The molecule has 0 spiro atoms. The summed E-state index contributed by atoms with van der Waals surface area (Å²) in [5.41, 5.74) is 1.77. The first-order chi connectivity index (χ1) is 7.68. The number of ketones is 1. The Kier molecular flexibility index (Phi) is 2.86. The van der Waals surface area contributed by atoms with E-state index in [9.17, 15) is 9.90 Å². The van der Waals surface area contributed by atoms with E-state index >= 15 is 0 Å². The number of carbonyl (C=O) groups is 1. The maximum Gasteiger partial charge on any atom is 0.168 e. The van der Waals surface area contributed by atoms with E-state index in [1.165, 1.54) is 0 Å². The molecule has 3 heteroatoms. The zero-order valence-electron chi connectivity index (χ0n) is 9.10. The van der Waals surface area contributed by atoms with Crippen molar-refractivity contribution in [1.29, 1.82) is 0 Å². The first-order valence-electron chi connectivity index (χ1n) is 5.24. The van der Waals surface area contributed by atoms with Crippen molar-refractivity contribution in [1.82, 2.24) is 0 Å². The summed E-state index contributed by atoms with van der Waals surface area (Å²) in [6.45, 7) is 1.75. The second-order valence-corrected chi connectivity index (χ2v) is 3.78. The Morgan fingerprint density at radius 1 is 1.25 bits per heavy atom. The number of hydrogen-bond acceptors (Lipinski definition) is 3. The lowest BCUT2D eigenvalue weighted by Gasteiger charge is -2.01. The largest absolute Gasteiger partial charge is 0.511 e. The number of carbonyl (C=O) groups excluding carboxylic acids is 1. The predicted molar refractivity (Wildman–Crippen MR) is 63.1 cm³/mol. The molecule has 0 saturated heterocycles. The molecule has 1 N–H and O–H groups in total. The molecule has 0 fully saturated rings. The van der Waals surface area contributed by atoms with Crippen molar-refractivity contribution in [2.45, 2.75) is 19.8 Å². The van der Waals surface area contributed by atoms with Gasteiger partial charge < -0.3 is 5.11 Å². The molecule has 0 aromatic heterocycles. The van der Waals surface area contributed by atoms with E-state index in [0.717, 1.165) is 5.69 Å². The zero-order chi connectivity index (χ0) is 11.5. The first kappa shape index (κ1) is 10.6. The predicted octanol–water partition coefficient (Wildman–Crippen LogP) is 2.95. The highest BCUT2D eigenvalue weighted by atomic mass is 16.3. The van der Waals surface area contributed by atoms with Crippen molar-refractivity contribution < 1.29 is 9.90 Å². The van der Waals surface area contributed by atoms with E-state index in [4.69, 9.17) is 0 Å². The molecule has 0 saturated carbocycles. The molecule has 0 heterocycles. The first-order valence-corrected chi connectivity index (χ1v) is 5.24. The quantitative estimate of drug-likeness (QED) is 0.771. The minimum Gasteiger partial charge on any atom is -0.511 e. The third kappa shape index (κ3) is 2.03. The van der Waals surface area contributed by atoms with Crippen LogP contribution in [0.25, 0.3) is 0 Å². The van der Waals surface area contributed by atoms with Gasteiger partial charge in [-0.05, 0) is 19.1 Å². The van der Waals surface area contributed by atoms with Crippen LogP contribution in [0.15, 0.2) is 46.7 Å². The topological polar surface area (TPSA) is 49.7 Å². The van der Waals surface area contributed by atoms with Crippen molar-refractivity contribution in [2.24, 2.45) is 4.99 Å². The molecule has 2 rings (SSSR count). The molecule has 0 aliphatic heterocycles. The van der Waals surface area contributed by atoms with Gasteiger partial charge in [0.25, 0.3) is 0 Å². The minimum absolute atomic E-state index is 0.0188. The van der Waals surface area contributed by atoms with E-state index < -0.39 is 0 Å². The van der Waals surface area contributed by atoms with Crippen LogP contribution in [0.3, 0.4) is 0 Å². The SMILES string of the molecule is CC(=Nc1ccccc1)C1=C(O)CCC1=O. The summed E-state index contributed by atoms with van der Waals surface area (Å²) in [6, 6.07) is 9.40. The lowest BCUT2D eigenvalue weighted by Crippen LogP contribution is -2.06. The number of para-hydroxylation sites is 1. The summed E-state index contributed by atoms with van der Waals surface area (Å²) in [6.07, 6.45) is 0.832. The van der Waals surface area contributed by atoms with Crippen molar-refractivity contribution in [3.05, 3.63) is 41.7 Å². The van der Waals surface area contributed by atoms with Crippen LogP contribution >= 0.6 is 0 Å². The highest BCUT2D eigenvalue weighted by Gasteiger charge is 2.24. The zero-order valence-corrected chi connectivity index (χ0v) is 9.10. The molecule has 1 aliphatic carbocycles. The molecular weight excluding hydrogens is 202 g/mol. The lowest BCUT2D eigenvalue weighted by atomic mass is 10.1. The van der Waals surface area contributed by atoms with Gasteiger partial charge in [0, 0.05) is 12.8 Å². The molecule has 1 aromatic carbocycles. The van der Waals surface area contributed by atoms with Gasteiger partial charge in [0.15, 0.2) is 5.78 Å². The summed E-state index contributed by atoms with van der Waals surface area (Å²) >= 11 is 0. The molecule has 0 radical (unpaired) electrons. The van der Waals surface area contributed by atoms with E-state index in [1.54, 1.807) is 6.92 Å². The number of Topliss-reactive ketones (excluding diaryl/α,β-unsaturated/α-hetero) is 1. The van der Waals surface area contributed by atoms with Gasteiger partial charge in [-0.25, -0.2) is 0 Å². The normalized spacial score (nSPS) is 17.1. The smallest absolute Gasteiger partial charge is 0.168 e. The summed E-state index contributed by atoms with van der Waals surface area (Å²) in [7, 11) is 0. The second kappa shape index (κ2) is 4.31. The van der Waals surface area contributed by atoms with Gasteiger partial charge in [-0.3, -0.25) is 9.79 Å². The molecule has 82 valence electrons.